The second-order valence-electron chi connectivity index (χ2n) is 7.54. The number of aromatic nitrogens is 2. The molecule has 7 heteroatoms. The van der Waals surface area contributed by atoms with Crippen molar-refractivity contribution in [1.82, 2.24) is 15.0 Å². The van der Waals surface area contributed by atoms with Gasteiger partial charge in [0.25, 0.3) is 5.89 Å². The van der Waals surface area contributed by atoms with E-state index in [4.69, 9.17) is 14.0 Å². The fraction of sp³-hybridized carbons (Fsp3) is 0.348. The van der Waals surface area contributed by atoms with Crippen LogP contribution in [0.15, 0.2) is 47.0 Å². The number of rotatable bonds is 7. The Hall–Kier alpha value is -3.35. The third-order valence-corrected chi connectivity index (χ3v) is 5.41. The number of carbonyl (C=O) groups is 1. The van der Waals surface area contributed by atoms with Crippen molar-refractivity contribution in [1.29, 1.82) is 0 Å². The number of amides is 1. The number of carbonyl (C=O) groups excluding carboxylic acids is 1. The number of benzene rings is 2. The van der Waals surface area contributed by atoms with E-state index < -0.39 is 0 Å². The molecule has 1 saturated heterocycles. The minimum Gasteiger partial charge on any atom is -0.497 e. The van der Waals surface area contributed by atoms with Gasteiger partial charge in [-0.1, -0.05) is 35.0 Å². The molecule has 7 nitrogen and oxygen atoms in total. The Morgan fingerprint density at radius 1 is 1.10 bits per heavy atom. The van der Waals surface area contributed by atoms with Crippen molar-refractivity contribution >= 4 is 5.91 Å². The molecule has 2 aromatic carbocycles. The molecule has 156 valence electrons. The molecule has 0 saturated carbocycles. The lowest BCUT2D eigenvalue weighted by Crippen LogP contribution is -2.27. The van der Waals surface area contributed by atoms with Gasteiger partial charge in [0, 0.05) is 37.1 Å². The number of nitrogens with zero attached hydrogens (tertiary/aromatic N) is 3. The molecule has 1 atom stereocenters. The molecular formula is C23H25N3O4. The largest absolute Gasteiger partial charge is 0.497 e. The molecule has 1 aliphatic rings. The van der Waals surface area contributed by atoms with E-state index in [1.807, 2.05) is 17.0 Å². The van der Waals surface area contributed by atoms with Gasteiger partial charge in [-0.05, 0) is 31.0 Å². The molecule has 0 N–H and O–H groups in total. The lowest BCUT2D eigenvalue weighted by Gasteiger charge is -2.16. The zero-order valence-electron chi connectivity index (χ0n) is 17.4. The van der Waals surface area contributed by atoms with Crippen LogP contribution in [0, 0.1) is 6.92 Å². The van der Waals surface area contributed by atoms with Crippen LogP contribution >= 0.6 is 0 Å². The summed E-state index contributed by atoms with van der Waals surface area (Å²) in [6, 6.07) is 13.8. The lowest BCUT2D eigenvalue weighted by molar-refractivity contribution is -0.127. The predicted octanol–water partition coefficient (Wildman–Crippen LogP) is 3.62. The monoisotopic (exact) mass is 407 g/mol. The summed E-state index contributed by atoms with van der Waals surface area (Å²) in [7, 11) is 3.18. The molecule has 0 radical (unpaired) electrons. The molecule has 1 amide bonds. The van der Waals surface area contributed by atoms with Crippen LogP contribution in [0.3, 0.4) is 0 Å². The first-order valence-electron chi connectivity index (χ1n) is 9.96. The first-order chi connectivity index (χ1) is 14.6. The quantitative estimate of drug-likeness (QED) is 0.595. The Bertz CT molecular complexity index is 1010. The van der Waals surface area contributed by atoms with Crippen molar-refractivity contribution in [2.24, 2.45) is 0 Å². The second kappa shape index (κ2) is 8.57. The van der Waals surface area contributed by atoms with Gasteiger partial charge in [-0.15, -0.1) is 0 Å². The van der Waals surface area contributed by atoms with E-state index in [1.54, 1.807) is 20.3 Å². The Balaban J connectivity index is 1.44. The van der Waals surface area contributed by atoms with Gasteiger partial charge in [-0.3, -0.25) is 4.79 Å². The van der Waals surface area contributed by atoms with Gasteiger partial charge in [0.15, 0.2) is 5.82 Å². The van der Waals surface area contributed by atoms with Crippen molar-refractivity contribution in [3.05, 3.63) is 59.4 Å². The van der Waals surface area contributed by atoms with Crippen molar-refractivity contribution < 1.29 is 18.8 Å². The maximum atomic E-state index is 12.5. The lowest BCUT2D eigenvalue weighted by atomic mass is 10.1. The number of methoxy groups -OCH3 is 2. The summed E-state index contributed by atoms with van der Waals surface area (Å²) in [5.41, 5.74) is 3.17. The van der Waals surface area contributed by atoms with Crippen molar-refractivity contribution in [3.8, 4) is 23.0 Å². The Morgan fingerprint density at radius 2 is 1.80 bits per heavy atom. The fourth-order valence-electron chi connectivity index (χ4n) is 3.63. The van der Waals surface area contributed by atoms with Crippen LogP contribution in [0.2, 0.25) is 0 Å². The fourth-order valence-corrected chi connectivity index (χ4v) is 3.63. The Kier molecular flexibility index (Phi) is 5.70. The van der Waals surface area contributed by atoms with Gasteiger partial charge in [-0.2, -0.15) is 4.98 Å². The smallest absolute Gasteiger partial charge is 0.258 e. The van der Waals surface area contributed by atoms with E-state index in [1.165, 1.54) is 11.1 Å². The van der Waals surface area contributed by atoms with Crippen LogP contribution in [0.1, 0.15) is 29.3 Å². The number of hydrogen-bond acceptors (Lipinski definition) is 6. The maximum Gasteiger partial charge on any atom is 0.258 e. The van der Waals surface area contributed by atoms with Gasteiger partial charge >= 0.3 is 0 Å². The van der Waals surface area contributed by atoms with Crippen LogP contribution in [0.25, 0.3) is 11.5 Å². The highest BCUT2D eigenvalue weighted by Crippen LogP contribution is 2.31. The number of ether oxygens (including phenoxy) is 2. The highest BCUT2D eigenvalue weighted by molar-refractivity contribution is 5.79. The van der Waals surface area contributed by atoms with Crippen LogP contribution < -0.4 is 9.47 Å². The minimum atomic E-state index is -0.0690. The summed E-state index contributed by atoms with van der Waals surface area (Å²) in [4.78, 5) is 18.9. The van der Waals surface area contributed by atoms with Crippen molar-refractivity contribution in [3.63, 3.8) is 0 Å². The van der Waals surface area contributed by atoms with E-state index in [9.17, 15) is 4.79 Å². The third kappa shape index (κ3) is 4.30. The highest BCUT2D eigenvalue weighted by Gasteiger charge is 2.33. The molecule has 1 aromatic heterocycles. The molecule has 3 aromatic rings. The average Bonchev–Trinajstić information content (AvgIpc) is 3.40. The van der Waals surface area contributed by atoms with Gasteiger partial charge < -0.3 is 18.9 Å². The summed E-state index contributed by atoms with van der Waals surface area (Å²) < 4.78 is 16.1. The molecule has 0 aliphatic carbocycles. The summed E-state index contributed by atoms with van der Waals surface area (Å²) in [5.74, 6) is 2.28. The molecule has 0 bridgehead atoms. The molecule has 30 heavy (non-hydrogen) atoms. The van der Waals surface area contributed by atoms with Crippen LogP contribution in [-0.4, -0.2) is 48.3 Å². The second-order valence-corrected chi connectivity index (χ2v) is 7.54. The average molecular weight is 407 g/mol. The van der Waals surface area contributed by atoms with Crippen LogP contribution in [0.5, 0.6) is 11.5 Å². The van der Waals surface area contributed by atoms with E-state index >= 15 is 0 Å². The van der Waals surface area contributed by atoms with E-state index in [2.05, 4.69) is 41.3 Å². The molecule has 4 rings (SSSR count). The molecule has 1 unspecified atom stereocenters. The van der Waals surface area contributed by atoms with Gasteiger partial charge in [0.1, 0.15) is 11.5 Å². The number of hydrogen-bond donors (Lipinski definition) is 0. The normalized spacial score (nSPS) is 16.2. The molecule has 1 fully saturated rings. The Labute approximate surface area is 175 Å². The molecule has 2 heterocycles. The number of likely N-dealkylation sites (tertiary alicyclic amines) is 1. The zero-order valence-corrected chi connectivity index (χ0v) is 17.4. The zero-order chi connectivity index (χ0) is 21.1. The van der Waals surface area contributed by atoms with Crippen LogP contribution in [-0.2, 0) is 11.2 Å². The topological polar surface area (TPSA) is 77.7 Å². The Morgan fingerprint density at radius 3 is 2.47 bits per heavy atom. The van der Waals surface area contributed by atoms with Gasteiger partial charge in [0.2, 0.25) is 5.91 Å². The van der Waals surface area contributed by atoms with E-state index in [0.717, 1.165) is 6.42 Å². The van der Waals surface area contributed by atoms with Crippen molar-refractivity contribution in [2.45, 2.75) is 25.7 Å². The maximum absolute atomic E-state index is 12.5. The summed E-state index contributed by atoms with van der Waals surface area (Å²) >= 11 is 0. The summed E-state index contributed by atoms with van der Waals surface area (Å²) in [5, 5.41) is 4.14. The highest BCUT2D eigenvalue weighted by atomic mass is 16.5. The van der Waals surface area contributed by atoms with Gasteiger partial charge in [-0.25, -0.2) is 0 Å². The minimum absolute atomic E-state index is 0.0690. The van der Waals surface area contributed by atoms with E-state index in [0.29, 0.717) is 48.3 Å². The standard InChI is InChI=1S/C23H25N3O4/c1-15-4-6-16(7-5-15)8-9-26-14-18(12-21(26)27)22-24-23(30-25-22)17-10-19(28-2)13-20(11-17)29-3/h4-7,10-11,13,18H,8-9,12,14H2,1-3H3. The molecular weight excluding hydrogens is 382 g/mol. The summed E-state index contributed by atoms with van der Waals surface area (Å²) in [6.45, 7) is 3.36. The van der Waals surface area contributed by atoms with Gasteiger partial charge in [0.05, 0.1) is 14.2 Å². The number of aryl methyl sites for hydroxylation is 1. The van der Waals surface area contributed by atoms with Crippen molar-refractivity contribution in [2.75, 3.05) is 27.3 Å². The van der Waals surface area contributed by atoms with Crippen LogP contribution in [0.4, 0.5) is 0 Å². The predicted molar refractivity (Wildman–Crippen MR) is 112 cm³/mol. The first-order valence-corrected chi connectivity index (χ1v) is 9.96. The SMILES string of the molecule is COc1cc(OC)cc(-c2nc(C3CC(=O)N(CCc4ccc(C)cc4)C3)no2)c1. The van der Waals surface area contributed by atoms with E-state index in [-0.39, 0.29) is 11.8 Å². The third-order valence-electron chi connectivity index (χ3n) is 5.41. The summed E-state index contributed by atoms with van der Waals surface area (Å²) in [6.07, 6.45) is 1.23. The molecule has 1 aliphatic heterocycles. The first kappa shape index (κ1) is 19.9. The molecule has 0 spiro atoms.